The summed E-state index contributed by atoms with van der Waals surface area (Å²) in [7, 11) is 0. The van der Waals surface area contributed by atoms with Crippen LogP contribution < -0.4 is 9.47 Å². The summed E-state index contributed by atoms with van der Waals surface area (Å²) in [6.07, 6.45) is 5.68. The SMILES string of the molecule is CC1CC(C)CC(COC(=O)c2c(Cl)c(Cl)cc(Cl)c2OC(=O)C(=O)Oc2c(Cl)cc(Cl)c(Cl)c2C(=O)OCC2CC(C)CC(C)C2)C1. The standard InChI is InChI=1S/C34H36Cl6O8/c1-15-5-16(2)8-19(7-15)13-45-31(41)25-27(39)21(35)11-23(37)29(25)47-33(43)34(44)48-30-24(38)12-22(36)28(40)26(30)32(42)46-14-20-9-17(3)6-18(4)10-20/h11-12,15-20H,5-10,13-14H2,1-4H3. The van der Waals surface area contributed by atoms with E-state index in [1.165, 1.54) is 0 Å². The first kappa shape index (κ1) is 38.9. The Balaban J connectivity index is 1.52. The first-order valence-electron chi connectivity index (χ1n) is 15.7. The van der Waals surface area contributed by atoms with Crippen molar-refractivity contribution < 1.29 is 38.1 Å². The predicted octanol–water partition coefficient (Wildman–Crippen LogP) is 10.6. The number of carbonyl (C=O) groups excluding carboxylic acids is 4. The third-order valence-corrected chi connectivity index (χ3v) is 10.8. The second-order valence-corrected chi connectivity index (χ2v) is 15.6. The van der Waals surface area contributed by atoms with Crippen LogP contribution in [0.2, 0.25) is 30.1 Å². The zero-order valence-electron chi connectivity index (χ0n) is 26.8. The molecule has 2 fully saturated rings. The molecule has 48 heavy (non-hydrogen) atoms. The third-order valence-electron chi connectivity index (χ3n) is 8.67. The van der Waals surface area contributed by atoms with Crippen LogP contribution in [0.1, 0.15) is 86.9 Å². The van der Waals surface area contributed by atoms with Crippen molar-refractivity contribution in [1.29, 1.82) is 0 Å². The minimum absolute atomic E-state index is 0.0941. The number of hydrogen-bond acceptors (Lipinski definition) is 8. The van der Waals surface area contributed by atoms with Gasteiger partial charge in [0, 0.05) is 0 Å². The normalized spacial score (nSPS) is 24.0. The fraction of sp³-hybridized carbons (Fsp3) is 0.529. The molecule has 2 aliphatic carbocycles. The van der Waals surface area contributed by atoms with E-state index in [0.717, 1.165) is 50.7 Å². The quantitative estimate of drug-likeness (QED) is 0.113. The van der Waals surface area contributed by atoms with E-state index in [-0.39, 0.29) is 55.2 Å². The zero-order chi connectivity index (χ0) is 35.4. The van der Waals surface area contributed by atoms with E-state index >= 15 is 0 Å². The number of hydrogen-bond donors (Lipinski definition) is 0. The Morgan fingerprint density at radius 3 is 1.17 bits per heavy atom. The van der Waals surface area contributed by atoms with Crippen LogP contribution in [-0.2, 0) is 19.1 Å². The van der Waals surface area contributed by atoms with Crippen LogP contribution >= 0.6 is 69.6 Å². The topological polar surface area (TPSA) is 105 Å². The van der Waals surface area contributed by atoms with Crippen LogP contribution in [0.4, 0.5) is 0 Å². The van der Waals surface area contributed by atoms with Crippen molar-refractivity contribution >= 4 is 93.5 Å². The average molecular weight is 785 g/mol. The number of rotatable bonds is 8. The molecule has 0 amide bonds. The van der Waals surface area contributed by atoms with Crippen molar-refractivity contribution in [3.63, 3.8) is 0 Å². The number of benzene rings is 2. The van der Waals surface area contributed by atoms with Crippen molar-refractivity contribution in [3.05, 3.63) is 53.4 Å². The van der Waals surface area contributed by atoms with Gasteiger partial charge in [-0.15, -0.1) is 0 Å². The molecule has 8 nitrogen and oxygen atoms in total. The minimum atomic E-state index is -1.63. The zero-order valence-corrected chi connectivity index (χ0v) is 31.3. The Labute approximate surface area is 309 Å². The molecule has 2 aliphatic rings. The molecule has 2 aromatic rings. The lowest BCUT2D eigenvalue weighted by Crippen LogP contribution is -2.28. The van der Waals surface area contributed by atoms with Gasteiger partial charge in [0.05, 0.1) is 43.3 Å². The fourth-order valence-electron chi connectivity index (χ4n) is 7.02. The Hall–Kier alpha value is -1.94. The van der Waals surface area contributed by atoms with Gasteiger partial charge in [-0.2, -0.15) is 0 Å². The van der Waals surface area contributed by atoms with E-state index in [0.29, 0.717) is 23.7 Å². The molecule has 14 heteroatoms. The highest BCUT2D eigenvalue weighted by Gasteiger charge is 2.34. The van der Waals surface area contributed by atoms with E-state index < -0.39 is 46.5 Å². The highest BCUT2D eigenvalue weighted by atomic mass is 35.5. The second kappa shape index (κ2) is 16.8. The van der Waals surface area contributed by atoms with Gasteiger partial charge in [0.25, 0.3) is 0 Å². The van der Waals surface area contributed by atoms with Gasteiger partial charge < -0.3 is 18.9 Å². The van der Waals surface area contributed by atoms with Gasteiger partial charge in [-0.1, -0.05) is 97.3 Å². The Morgan fingerprint density at radius 1 is 0.542 bits per heavy atom. The van der Waals surface area contributed by atoms with Crippen LogP contribution in [0.3, 0.4) is 0 Å². The summed E-state index contributed by atoms with van der Waals surface area (Å²) in [6.45, 7) is 8.76. The summed E-state index contributed by atoms with van der Waals surface area (Å²) in [4.78, 5) is 52.6. The lowest BCUT2D eigenvalue weighted by Gasteiger charge is -2.31. The molecular weight excluding hydrogens is 749 g/mol. The molecule has 4 rings (SSSR count). The number of carbonyl (C=O) groups is 4. The van der Waals surface area contributed by atoms with E-state index in [2.05, 4.69) is 27.7 Å². The molecular formula is C34H36Cl6O8. The summed E-state index contributed by atoms with van der Waals surface area (Å²) in [5.74, 6) is -4.19. The van der Waals surface area contributed by atoms with E-state index in [4.69, 9.17) is 88.6 Å². The van der Waals surface area contributed by atoms with Crippen LogP contribution in [-0.4, -0.2) is 37.1 Å². The summed E-state index contributed by atoms with van der Waals surface area (Å²) in [5.41, 5.74) is -0.897. The highest BCUT2D eigenvalue weighted by molar-refractivity contribution is 6.47. The predicted molar refractivity (Wildman–Crippen MR) is 186 cm³/mol. The van der Waals surface area contributed by atoms with Crippen molar-refractivity contribution in [2.75, 3.05) is 13.2 Å². The highest BCUT2D eigenvalue weighted by Crippen LogP contribution is 2.42. The van der Waals surface area contributed by atoms with E-state index in [1.807, 2.05) is 0 Å². The van der Waals surface area contributed by atoms with Gasteiger partial charge >= 0.3 is 23.9 Å². The first-order valence-corrected chi connectivity index (χ1v) is 17.9. The van der Waals surface area contributed by atoms with Gasteiger partial charge in [0.1, 0.15) is 11.1 Å². The average Bonchev–Trinajstić information content (AvgIpc) is 2.99. The molecule has 0 aliphatic heterocycles. The maximum absolute atomic E-state index is 13.3. The molecule has 262 valence electrons. The molecule has 0 N–H and O–H groups in total. The molecule has 0 saturated heterocycles. The number of halogens is 6. The molecule has 0 heterocycles. The summed E-state index contributed by atoms with van der Waals surface area (Å²) in [6, 6.07) is 2.27. The smallest absolute Gasteiger partial charge is 0.423 e. The van der Waals surface area contributed by atoms with Crippen molar-refractivity contribution in [3.8, 4) is 11.5 Å². The molecule has 0 bridgehead atoms. The van der Waals surface area contributed by atoms with Crippen molar-refractivity contribution in [1.82, 2.24) is 0 Å². The molecule has 4 atom stereocenters. The van der Waals surface area contributed by atoms with Gasteiger partial charge in [-0.3, -0.25) is 0 Å². The Morgan fingerprint density at radius 2 is 0.854 bits per heavy atom. The summed E-state index contributed by atoms with van der Waals surface area (Å²) in [5, 5.41) is -1.43. The lowest BCUT2D eigenvalue weighted by atomic mass is 9.77. The van der Waals surface area contributed by atoms with E-state index in [9.17, 15) is 19.2 Å². The monoisotopic (exact) mass is 782 g/mol. The molecule has 0 spiro atoms. The van der Waals surface area contributed by atoms with Crippen LogP contribution in [0.15, 0.2) is 12.1 Å². The van der Waals surface area contributed by atoms with Crippen molar-refractivity contribution in [2.24, 2.45) is 35.5 Å². The maximum Gasteiger partial charge on any atom is 0.423 e. The maximum atomic E-state index is 13.3. The molecule has 2 saturated carbocycles. The van der Waals surface area contributed by atoms with Crippen LogP contribution in [0, 0.1) is 35.5 Å². The largest absolute Gasteiger partial charge is 0.462 e. The second-order valence-electron chi connectivity index (χ2n) is 13.3. The summed E-state index contributed by atoms with van der Waals surface area (Å²) < 4.78 is 21.6. The fourth-order valence-corrected chi connectivity index (χ4v) is 8.46. The number of ether oxygens (including phenoxy) is 4. The van der Waals surface area contributed by atoms with Crippen LogP contribution in [0.5, 0.6) is 11.5 Å². The minimum Gasteiger partial charge on any atom is -0.462 e. The van der Waals surface area contributed by atoms with Gasteiger partial charge in [-0.25, -0.2) is 19.2 Å². The molecule has 0 radical (unpaired) electrons. The van der Waals surface area contributed by atoms with Crippen molar-refractivity contribution in [2.45, 2.75) is 66.2 Å². The third kappa shape index (κ3) is 9.64. The molecule has 2 aromatic carbocycles. The number of esters is 4. The Kier molecular flexibility index (Phi) is 13.6. The van der Waals surface area contributed by atoms with Crippen LogP contribution in [0.25, 0.3) is 0 Å². The van der Waals surface area contributed by atoms with E-state index in [1.54, 1.807) is 0 Å². The first-order chi connectivity index (χ1) is 22.5. The lowest BCUT2D eigenvalue weighted by molar-refractivity contribution is -0.156. The molecule has 0 aromatic heterocycles. The Bertz CT molecular complexity index is 1440. The molecule has 4 unspecified atom stereocenters. The van der Waals surface area contributed by atoms with Gasteiger partial charge in [0.15, 0.2) is 11.5 Å². The van der Waals surface area contributed by atoms with Gasteiger partial charge in [0.2, 0.25) is 0 Å². The summed E-state index contributed by atoms with van der Waals surface area (Å²) >= 11 is 37.6. The van der Waals surface area contributed by atoms with Gasteiger partial charge in [-0.05, 0) is 86.2 Å².